The van der Waals surface area contributed by atoms with Crippen molar-refractivity contribution < 1.29 is 56.8 Å². The number of esters is 2. The molecule has 1 saturated heterocycles. The number of aliphatic hydroxyl groups is 3. The molecule has 1 heterocycles. The molecule has 0 spiro atoms. The van der Waals surface area contributed by atoms with Gasteiger partial charge in [-0.2, -0.15) is 8.42 Å². The van der Waals surface area contributed by atoms with E-state index in [1.807, 2.05) is 12.2 Å². The van der Waals surface area contributed by atoms with Crippen LogP contribution in [0.1, 0.15) is 232 Å². The van der Waals surface area contributed by atoms with E-state index >= 15 is 0 Å². The topological polar surface area (TPSA) is 186 Å². The van der Waals surface area contributed by atoms with E-state index in [0.29, 0.717) is 12.8 Å². The Labute approximate surface area is 426 Å². The average molecular weight is 1010 g/mol. The maximum atomic E-state index is 12.9. The number of ether oxygens (including phenoxy) is 4. The molecular weight excluding hydrogens is 909 g/mol. The third kappa shape index (κ3) is 39.9. The highest BCUT2D eigenvalue weighted by Gasteiger charge is 2.46. The van der Waals surface area contributed by atoms with Crippen molar-refractivity contribution in [3.63, 3.8) is 0 Å². The van der Waals surface area contributed by atoms with Crippen LogP contribution in [0.2, 0.25) is 0 Å². The van der Waals surface area contributed by atoms with E-state index < -0.39 is 71.2 Å². The van der Waals surface area contributed by atoms with Crippen LogP contribution in [0, 0.1) is 0 Å². The van der Waals surface area contributed by atoms with E-state index in [1.54, 1.807) is 0 Å². The van der Waals surface area contributed by atoms with E-state index in [4.69, 9.17) is 18.9 Å². The second-order valence-electron chi connectivity index (χ2n) is 19.3. The van der Waals surface area contributed by atoms with Gasteiger partial charge in [0, 0.05) is 12.8 Å². The van der Waals surface area contributed by atoms with Crippen LogP contribution in [0.4, 0.5) is 0 Å². The van der Waals surface area contributed by atoms with Crippen LogP contribution >= 0.6 is 0 Å². The summed E-state index contributed by atoms with van der Waals surface area (Å²) in [7, 11) is -4.62. The molecule has 0 saturated carbocycles. The van der Waals surface area contributed by atoms with Crippen LogP contribution in [0.5, 0.6) is 0 Å². The van der Waals surface area contributed by atoms with Crippen LogP contribution in [-0.2, 0) is 38.7 Å². The fraction of sp³-hybridized carbons (Fsp3) is 0.789. The van der Waals surface area contributed by atoms with Gasteiger partial charge < -0.3 is 34.3 Å². The highest BCUT2D eigenvalue weighted by atomic mass is 32.2. The Morgan fingerprint density at radius 3 is 1.33 bits per heavy atom. The van der Waals surface area contributed by atoms with Crippen molar-refractivity contribution >= 4 is 22.1 Å². The first-order valence-electron chi connectivity index (χ1n) is 27.8. The molecule has 0 aromatic rings. The molecular formula is C57H100O12S. The predicted octanol–water partition coefficient (Wildman–Crippen LogP) is 13.2. The number of allylic oxidation sites excluding steroid dienone is 10. The fourth-order valence-electron chi connectivity index (χ4n) is 8.31. The average Bonchev–Trinajstić information content (AvgIpc) is 3.33. The molecule has 13 heteroatoms. The number of hydrogen-bond acceptors (Lipinski definition) is 11. The summed E-state index contributed by atoms with van der Waals surface area (Å²) >= 11 is 0. The normalized spacial score (nSPS) is 19.4. The second-order valence-corrected chi connectivity index (χ2v) is 20.8. The molecule has 0 aromatic heterocycles. The summed E-state index contributed by atoms with van der Waals surface area (Å²) < 4.78 is 54.3. The van der Waals surface area contributed by atoms with Crippen molar-refractivity contribution in [3.8, 4) is 0 Å². The summed E-state index contributed by atoms with van der Waals surface area (Å²) in [5.41, 5.74) is 0. The van der Waals surface area contributed by atoms with E-state index in [-0.39, 0.29) is 19.4 Å². The quantitative estimate of drug-likeness (QED) is 0.0196. The summed E-state index contributed by atoms with van der Waals surface area (Å²) in [6.45, 7) is 3.71. The number of aliphatic hydroxyl groups excluding tert-OH is 3. The van der Waals surface area contributed by atoms with E-state index in [2.05, 4.69) is 62.5 Å². The van der Waals surface area contributed by atoms with Crippen LogP contribution < -0.4 is 0 Å². The summed E-state index contributed by atoms with van der Waals surface area (Å²) in [4.78, 5) is 25.5. The van der Waals surface area contributed by atoms with Crippen molar-refractivity contribution in [1.82, 2.24) is 0 Å². The highest BCUT2D eigenvalue weighted by Crippen LogP contribution is 2.24. The van der Waals surface area contributed by atoms with Crippen molar-refractivity contribution in [3.05, 3.63) is 60.8 Å². The van der Waals surface area contributed by atoms with E-state index in [9.17, 15) is 37.9 Å². The summed E-state index contributed by atoms with van der Waals surface area (Å²) in [5, 5.41) is 31.0. The zero-order valence-corrected chi connectivity index (χ0v) is 44.7. The number of unbranched alkanes of at least 4 members (excludes halogenated alkanes) is 25. The monoisotopic (exact) mass is 1010 g/mol. The Morgan fingerprint density at radius 1 is 0.486 bits per heavy atom. The summed E-state index contributed by atoms with van der Waals surface area (Å²) in [5.74, 6) is -2.08. The molecule has 70 heavy (non-hydrogen) atoms. The molecule has 1 rings (SSSR count). The zero-order valence-electron chi connectivity index (χ0n) is 43.9. The van der Waals surface area contributed by atoms with Crippen molar-refractivity contribution in [2.75, 3.05) is 19.0 Å². The molecule has 0 aromatic carbocycles. The van der Waals surface area contributed by atoms with Gasteiger partial charge in [-0.3, -0.25) is 14.1 Å². The zero-order chi connectivity index (χ0) is 51.2. The maximum absolute atomic E-state index is 12.9. The lowest BCUT2D eigenvalue weighted by Crippen LogP contribution is -2.60. The number of hydrogen-bond donors (Lipinski definition) is 4. The van der Waals surface area contributed by atoms with Gasteiger partial charge in [0.1, 0.15) is 36.8 Å². The lowest BCUT2D eigenvalue weighted by Gasteiger charge is -2.40. The molecule has 1 aliphatic rings. The first-order chi connectivity index (χ1) is 34.0. The molecule has 6 atom stereocenters. The van der Waals surface area contributed by atoms with Crippen molar-refractivity contribution in [2.45, 2.75) is 269 Å². The van der Waals surface area contributed by atoms with Gasteiger partial charge in [0.05, 0.1) is 6.61 Å². The number of rotatable bonds is 47. The Morgan fingerprint density at radius 2 is 0.886 bits per heavy atom. The van der Waals surface area contributed by atoms with Crippen LogP contribution in [0.25, 0.3) is 0 Å². The van der Waals surface area contributed by atoms with Gasteiger partial charge in [-0.05, 0) is 51.4 Å². The number of carbonyl (C=O) groups is 2. The van der Waals surface area contributed by atoms with Crippen LogP contribution in [0.15, 0.2) is 60.8 Å². The molecule has 0 bridgehead atoms. The Balaban J connectivity index is 2.37. The second kappa shape index (κ2) is 46.2. The van der Waals surface area contributed by atoms with Crippen molar-refractivity contribution in [2.24, 2.45) is 0 Å². The molecule has 2 unspecified atom stereocenters. The third-order valence-electron chi connectivity index (χ3n) is 12.6. The molecule has 0 radical (unpaired) electrons. The smallest absolute Gasteiger partial charge is 0.306 e. The molecule has 4 N–H and O–H groups in total. The van der Waals surface area contributed by atoms with Gasteiger partial charge in [0.25, 0.3) is 10.1 Å². The third-order valence-corrected chi connectivity index (χ3v) is 13.4. The first-order valence-corrected chi connectivity index (χ1v) is 29.5. The fourth-order valence-corrected chi connectivity index (χ4v) is 9.00. The van der Waals surface area contributed by atoms with Gasteiger partial charge in [0.2, 0.25) is 0 Å². The Bertz CT molecular complexity index is 1510. The van der Waals surface area contributed by atoms with E-state index in [0.717, 1.165) is 51.4 Å². The largest absolute Gasteiger partial charge is 0.462 e. The van der Waals surface area contributed by atoms with Gasteiger partial charge in [-0.1, -0.05) is 229 Å². The SMILES string of the molecule is CCCCC/C=C/C/C=C/C/C=C/C/C=C/C/C=C/CCC(=O)OC[C@H](CO[C@H]1O[C@H](CS(=O)(=O)O)[C@@H](O)C(O)C1O)OC(=O)CCCCCCCCCCCCCCCCCCCCCCCCC. The maximum Gasteiger partial charge on any atom is 0.306 e. The highest BCUT2D eigenvalue weighted by molar-refractivity contribution is 7.85. The summed E-state index contributed by atoms with van der Waals surface area (Å²) in [6.07, 6.45) is 49.9. The molecule has 0 amide bonds. The number of carbonyl (C=O) groups excluding carboxylic acids is 2. The molecule has 1 aliphatic heterocycles. The Kier molecular flexibility index (Phi) is 43.1. The molecule has 1 fully saturated rings. The van der Waals surface area contributed by atoms with E-state index in [1.165, 1.54) is 141 Å². The minimum absolute atomic E-state index is 0.0952. The van der Waals surface area contributed by atoms with Crippen LogP contribution in [0.3, 0.4) is 0 Å². The van der Waals surface area contributed by atoms with Crippen molar-refractivity contribution in [1.29, 1.82) is 0 Å². The minimum Gasteiger partial charge on any atom is -0.462 e. The minimum atomic E-state index is -4.62. The molecule has 0 aliphatic carbocycles. The lowest BCUT2D eigenvalue weighted by atomic mass is 10.00. The lowest BCUT2D eigenvalue weighted by molar-refractivity contribution is -0.297. The van der Waals surface area contributed by atoms with Gasteiger partial charge in [-0.25, -0.2) is 0 Å². The van der Waals surface area contributed by atoms with Gasteiger partial charge in [-0.15, -0.1) is 0 Å². The van der Waals surface area contributed by atoms with Crippen LogP contribution in [-0.4, -0.2) is 96.0 Å². The Hall–Kier alpha value is -2.65. The first kappa shape index (κ1) is 65.4. The molecule has 12 nitrogen and oxygen atoms in total. The predicted molar refractivity (Wildman–Crippen MR) is 284 cm³/mol. The molecule has 406 valence electrons. The standard InChI is InChI=1S/C57H100O12S/c1-3-5-7-9-11-13-15-17-19-21-23-24-25-26-28-30-32-34-36-38-40-42-44-46-53(59)68-50(48-67-57-56(62)55(61)54(60)51(69-57)49-70(63,64)65)47-66-52(58)45-43-41-39-37-35-33-31-29-27-22-20-18-16-14-12-10-8-6-4-2/h12,14,18,20,27,29,33,35,39,41,50-51,54-57,60-62H,3-11,13,15-17,19,21-26,28,30-32,34,36-38,40,42-49H2,1-2H3,(H,63,64,65)/b14-12+,20-18+,29-27+,35-33+,41-39+/t50-,51-,54-,55?,56?,57+/m1/s1. The van der Waals surface area contributed by atoms with Gasteiger partial charge >= 0.3 is 11.9 Å². The summed E-state index contributed by atoms with van der Waals surface area (Å²) in [6, 6.07) is 0. The van der Waals surface area contributed by atoms with Gasteiger partial charge in [0.15, 0.2) is 12.4 Å².